The third-order valence-electron chi connectivity index (χ3n) is 3.49. The Hall–Kier alpha value is -1.70. The Morgan fingerprint density at radius 1 is 1.04 bits per heavy atom. The highest BCUT2D eigenvalue weighted by molar-refractivity contribution is 9.10. The summed E-state index contributed by atoms with van der Waals surface area (Å²) in [5, 5.41) is 2.77. The van der Waals surface area contributed by atoms with E-state index in [-0.39, 0.29) is 11.4 Å². The van der Waals surface area contributed by atoms with Crippen molar-refractivity contribution in [3.8, 4) is 0 Å². The fraction of sp³-hybridized carbons (Fsp3) is 0.235. The van der Waals surface area contributed by atoms with Crippen molar-refractivity contribution >= 4 is 37.5 Å². The second kappa shape index (κ2) is 7.46. The average molecular weight is 411 g/mol. The molecule has 0 bridgehead atoms. The molecule has 0 unspecified atom stereocenters. The van der Waals surface area contributed by atoms with Gasteiger partial charge in [0.25, 0.3) is 0 Å². The van der Waals surface area contributed by atoms with Gasteiger partial charge in [-0.2, -0.15) is 0 Å². The van der Waals surface area contributed by atoms with E-state index in [1.165, 1.54) is 12.1 Å². The molecule has 2 aromatic rings. The quantitative estimate of drug-likeness (QED) is 0.793. The number of carbonyl (C=O) groups is 1. The molecule has 0 radical (unpaired) electrons. The zero-order valence-corrected chi connectivity index (χ0v) is 16.1. The van der Waals surface area contributed by atoms with Crippen LogP contribution in [-0.2, 0) is 14.8 Å². The number of hydrogen-bond acceptors (Lipinski definition) is 3. The maximum absolute atomic E-state index is 12.2. The van der Waals surface area contributed by atoms with Crippen molar-refractivity contribution in [1.29, 1.82) is 0 Å². The van der Waals surface area contributed by atoms with Crippen molar-refractivity contribution < 1.29 is 13.2 Å². The van der Waals surface area contributed by atoms with Crippen LogP contribution in [0.15, 0.2) is 45.8 Å². The Morgan fingerprint density at radius 3 is 2.12 bits per heavy atom. The summed E-state index contributed by atoms with van der Waals surface area (Å²) in [4.78, 5) is 12.2. The van der Waals surface area contributed by atoms with Crippen LogP contribution in [0.4, 0.5) is 5.69 Å². The Kier molecular flexibility index (Phi) is 5.79. The molecule has 0 fully saturated rings. The van der Waals surface area contributed by atoms with E-state index < -0.39 is 15.9 Å². The highest BCUT2D eigenvalue weighted by Crippen LogP contribution is 2.21. The Morgan fingerprint density at radius 2 is 1.58 bits per heavy atom. The Bertz CT molecular complexity index is 839. The Balaban J connectivity index is 2.04. The van der Waals surface area contributed by atoms with Crippen LogP contribution >= 0.6 is 15.9 Å². The molecule has 0 atom stereocenters. The average Bonchev–Trinajstić information content (AvgIpc) is 2.49. The summed E-state index contributed by atoms with van der Waals surface area (Å²) in [6.07, 6.45) is 0. The van der Waals surface area contributed by atoms with Gasteiger partial charge in [0.1, 0.15) is 0 Å². The molecular formula is C17H19BrN2O3S. The van der Waals surface area contributed by atoms with Crippen molar-refractivity contribution in [3.63, 3.8) is 0 Å². The van der Waals surface area contributed by atoms with E-state index in [1.807, 2.05) is 32.9 Å². The lowest BCUT2D eigenvalue weighted by Crippen LogP contribution is -2.33. The van der Waals surface area contributed by atoms with Crippen molar-refractivity contribution in [2.75, 3.05) is 11.9 Å². The first-order valence-corrected chi connectivity index (χ1v) is 9.59. The van der Waals surface area contributed by atoms with Crippen LogP contribution in [-0.4, -0.2) is 20.9 Å². The molecule has 0 aliphatic rings. The van der Waals surface area contributed by atoms with E-state index in [9.17, 15) is 13.2 Å². The topological polar surface area (TPSA) is 75.3 Å². The van der Waals surface area contributed by atoms with Gasteiger partial charge in [-0.05, 0) is 56.2 Å². The molecule has 0 saturated carbocycles. The molecule has 2 N–H and O–H groups in total. The lowest BCUT2D eigenvalue weighted by Gasteiger charge is -2.13. The zero-order valence-electron chi connectivity index (χ0n) is 13.7. The molecule has 5 nitrogen and oxygen atoms in total. The highest BCUT2D eigenvalue weighted by atomic mass is 79.9. The smallest absolute Gasteiger partial charge is 0.241 e. The first-order valence-electron chi connectivity index (χ1n) is 7.32. The van der Waals surface area contributed by atoms with E-state index in [4.69, 9.17) is 0 Å². The van der Waals surface area contributed by atoms with Crippen molar-refractivity contribution in [1.82, 2.24) is 4.72 Å². The molecule has 2 rings (SSSR count). The van der Waals surface area contributed by atoms with Gasteiger partial charge in [-0.25, -0.2) is 13.1 Å². The largest absolute Gasteiger partial charge is 0.324 e. The number of aryl methyl sites for hydroxylation is 3. The van der Waals surface area contributed by atoms with Crippen molar-refractivity contribution in [3.05, 3.63) is 57.6 Å². The zero-order chi connectivity index (χ0) is 17.9. The van der Waals surface area contributed by atoms with Gasteiger partial charge in [-0.1, -0.05) is 33.6 Å². The van der Waals surface area contributed by atoms with Crippen LogP contribution < -0.4 is 10.0 Å². The van der Waals surface area contributed by atoms with E-state index >= 15 is 0 Å². The minimum Gasteiger partial charge on any atom is -0.324 e. The summed E-state index contributed by atoms with van der Waals surface area (Å²) in [6, 6.07) is 10.1. The molecule has 0 aliphatic heterocycles. The van der Waals surface area contributed by atoms with Crippen molar-refractivity contribution in [2.45, 2.75) is 25.7 Å². The first-order chi connectivity index (χ1) is 11.2. The number of rotatable bonds is 5. The van der Waals surface area contributed by atoms with Gasteiger partial charge in [0.05, 0.1) is 11.4 Å². The summed E-state index contributed by atoms with van der Waals surface area (Å²) < 4.78 is 27.4. The number of sulfonamides is 1. The molecule has 24 heavy (non-hydrogen) atoms. The minimum absolute atomic E-state index is 0.112. The van der Waals surface area contributed by atoms with E-state index in [2.05, 4.69) is 26.0 Å². The third-order valence-corrected chi connectivity index (χ3v) is 5.43. The molecule has 0 saturated heterocycles. The first kappa shape index (κ1) is 18.6. The van der Waals surface area contributed by atoms with E-state index in [0.717, 1.165) is 21.2 Å². The maximum Gasteiger partial charge on any atom is 0.241 e. The molecule has 7 heteroatoms. The lowest BCUT2D eigenvalue weighted by atomic mass is 10.1. The molecule has 0 spiro atoms. The van der Waals surface area contributed by atoms with Crippen LogP contribution in [0.2, 0.25) is 0 Å². The SMILES string of the molecule is Cc1cc(C)c(NC(=O)CNS(=O)(=O)c2ccc(Br)cc2)c(C)c1. The molecule has 1 amide bonds. The molecule has 128 valence electrons. The van der Waals surface area contributed by atoms with E-state index in [1.54, 1.807) is 12.1 Å². The second-order valence-electron chi connectivity index (χ2n) is 5.60. The van der Waals surface area contributed by atoms with Gasteiger partial charge in [0.15, 0.2) is 0 Å². The maximum atomic E-state index is 12.2. The number of benzene rings is 2. The van der Waals surface area contributed by atoms with Crippen LogP contribution in [0.3, 0.4) is 0 Å². The van der Waals surface area contributed by atoms with Crippen LogP contribution in [0.5, 0.6) is 0 Å². The van der Waals surface area contributed by atoms with Gasteiger partial charge in [0.2, 0.25) is 15.9 Å². The summed E-state index contributed by atoms with van der Waals surface area (Å²) >= 11 is 3.25. The number of amides is 1. The standard InChI is InChI=1S/C17H19BrN2O3S/c1-11-8-12(2)17(13(3)9-11)20-16(21)10-19-24(22,23)15-6-4-14(18)5-7-15/h4-9,19H,10H2,1-3H3,(H,20,21). The Labute approximate surface area is 150 Å². The summed E-state index contributed by atoms with van der Waals surface area (Å²) in [7, 11) is -3.72. The lowest BCUT2D eigenvalue weighted by molar-refractivity contribution is -0.115. The van der Waals surface area contributed by atoms with Gasteiger partial charge in [0, 0.05) is 10.2 Å². The molecule has 2 aromatic carbocycles. The van der Waals surface area contributed by atoms with Crippen LogP contribution in [0, 0.1) is 20.8 Å². The van der Waals surface area contributed by atoms with Crippen LogP contribution in [0.1, 0.15) is 16.7 Å². The predicted octanol–water partition coefficient (Wildman–Crippen LogP) is 3.29. The third kappa shape index (κ3) is 4.66. The number of anilines is 1. The number of nitrogens with one attached hydrogen (secondary N) is 2. The molecule has 0 aliphatic carbocycles. The summed E-state index contributed by atoms with van der Waals surface area (Å²) in [5.74, 6) is -0.411. The van der Waals surface area contributed by atoms with Crippen molar-refractivity contribution in [2.24, 2.45) is 0 Å². The predicted molar refractivity (Wildman–Crippen MR) is 98.6 cm³/mol. The van der Waals surface area contributed by atoms with Gasteiger partial charge >= 0.3 is 0 Å². The fourth-order valence-electron chi connectivity index (χ4n) is 2.42. The normalized spacial score (nSPS) is 11.3. The summed E-state index contributed by atoms with van der Waals surface area (Å²) in [6.45, 7) is 5.46. The second-order valence-corrected chi connectivity index (χ2v) is 8.28. The summed E-state index contributed by atoms with van der Waals surface area (Å²) in [5.41, 5.74) is 3.71. The number of halogens is 1. The van der Waals surface area contributed by atoms with E-state index in [0.29, 0.717) is 5.69 Å². The van der Waals surface area contributed by atoms with Gasteiger partial charge in [-0.3, -0.25) is 4.79 Å². The molecule has 0 heterocycles. The van der Waals surface area contributed by atoms with Gasteiger partial charge in [-0.15, -0.1) is 0 Å². The molecular weight excluding hydrogens is 392 g/mol. The number of hydrogen-bond donors (Lipinski definition) is 2. The fourth-order valence-corrected chi connectivity index (χ4v) is 3.66. The monoisotopic (exact) mass is 410 g/mol. The molecule has 0 aromatic heterocycles. The minimum atomic E-state index is -3.72. The number of carbonyl (C=O) groups excluding carboxylic acids is 1. The highest BCUT2D eigenvalue weighted by Gasteiger charge is 2.16. The van der Waals surface area contributed by atoms with Gasteiger partial charge < -0.3 is 5.32 Å². The van der Waals surface area contributed by atoms with Crippen LogP contribution in [0.25, 0.3) is 0 Å².